The van der Waals surface area contributed by atoms with E-state index < -0.39 is 11.9 Å². The quantitative estimate of drug-likeness (QED) is 0.655. The molecule has 0 spiro atoms. The molecule has 1 saturated heterocycles. The maximum atomic E-state index is 12.7. The molecule has 0 radical (unpaired) electrons. The molecule has 0 aliphatic carbocycles. The Kier molecular flexibility index (Phi) is 5.67. The predicted octanol–water partition coefficient (Wildman–Crippen LogP) is 2.07. The van der Waals surface area contributed by atoms with Gasteiger partial charge in [0.15, 0.2) is 0 Å². The van der Waals surface area contributed by atoms with Crippen LogP contribution in [0.15, 0.2) is 46.9 Å². The summed E-state index contributed by atoms with van der Waals surface area (Å²) >= 11 is 3.37. The molecule has 1 unspecified atom stereocenters. The van der Waals surface area contributed by atoms with Gasteiger partial charge >= 0.3 is 0 Å². The van der Waals surface area contributed by atoms with Gasteiger partial charge in [-0.15, -0.1) is 0 Å². The monoisotopic (exact) mass is 469 g/mol. The van der Waals surface area contributed by atoms with Crippen LogP contribution in [0, 0.1) is 0 Å². The molecule has 4 amide bonds. The Labute approximate surface area is 181 Å². The summed E-state index contributed by atoms with van der Waals surface area (Å²) in [6.07, 6.45) is 0.857. The van der Waals surface area contributed by atoms with Crippen molar-refractivity contribution >= 4 is 39.6 Å². The Balaban J connectivity index is 1.38. The van der Waals surface area contributed by atoms with Crippen molar-refractivity contribution in [3.05, 3.63) is 69.2 Å². The summed E-state index contributed by atoms with van der Waals surface area (Å²) in [6.45, 7) is 0.677. The molecule has 2 aliphatic rings. The van der Waals surface area contributed by atoms with Crippen molar-refractivity contribution in [2.75, 3.05) is 0 Å². The summed E-state index contributed by atoms with van der Waals surface area (Å²) in [6, 6.07) is 12.4. The van der Waals surface area contributed by atoms with E-state index in [1.807, 2.05) is 36.4 Å². The molecule has 1 fully saturated rings. The van der Waals surface area contributed by atoms with Crippen LogP contribution < -0.4 is 10.6 Å². The van der Waals surface area contributed by atoms with Crippen LogP contribution in [-0.4, -0.2) is 34.6 Å². The largest absolute Gasteiger partial charge is 0.352 e. The molecule has 7 nitrogen and oxygen atoms in total. The highest BCUT2D eigenvalue weighted by molar-refractivity contribution is 9.10. The zero-order chi connectivity index (χ0) is 21.3. The van der Waals surface area contributed by atoms with E-state index in [1.54, 1.807) is 6.07 Å². The fraction of sp³-hybridized carbons (Fsp3) is 0.273. The summed E-state index contributed by atoms with van der Waals surface area (Å²) in [7, 11) is 0. The van der Waals surface area contributed by atoms with E-state index >= 15 is 0 Å². The zero-order valence-corrected chi connectivity index (χ0v) is 17.7. The van der Waals surface area contributed by atoms with Crippen LogP contribution in [0.2, 0.25) is 0 Å². The number of rotatable bonds is 5. The SMILES string of the molecule is O=C(Cc1ccc(Br)cc1)NCc1ccc2c(c1)CN(C1CCC(=O)NC1=O)C2=O. The van der Waals surface area contributed by atoms with Gasteiger partial charge in [0.2, 0.25) is 17.7 Å². The molecule has 154 valence electrons. The molecule has 1 atom stereocenters. The first kappa shape index (κ1) is 20.3. The van der Waals surface area contributed by atoms with Crippen molar-refractivity contribution in [3.8, 4) is 0 Å². The number of hydrogen-bond acceptors (Lipinski definition) is 4. The average Bonchev–Trinajstić information content (AvgIpc) is 3.04. The number of carbonyl (C=O) groups excluding carboxylic acids is 4. The average molecular weight is 470 g/mol. The van der Waals surface area contributed by atoms with Crippen molar-refractivity contribution in [2.45, 2.75) is 38.4 Å². The molecule has 2 aliphatic heterocycles. The van der Waals surface area contributed by atoms with Crippen LogP contribution >= 0.6 is 15.9 Å². The molecule has 2 aromatic carbocycles. The van der Waals surface area contributed by atoms with E-state index in [4.69, 9.17) is 0 Å². The first-order valence-corrected chi connectivity index (χ1v) is 10.5. The highest BCUT2D eigenvalue weighted by Gasteiger charge is 2.39. The number of nitrogens with zero attached hydrogens (tertiary/aromatic N) is 1. The third-order valence-electron chi connectivity index (χ3n) is 5.36. The Morgan fingerprint density at radius 2 is 1.83 bits per heavy atom. The van der Waals surface area contributed by atoms with Gasteiger partial charge in [0, 0.05) is 29.5 Å². The van der Waals surface area contributed by atoms with Crippen molar-refractivity contribution < 1.29 is 19.2 Å². The van der Waals surface area contributed by atoms with Crippen LogP contribution in [0.25, 0.3) is 0 Å². The Morgan fingerprint density at radius 1 is 1.10 bits per heavy atom. The lowest BCUT2D eigenvalue weighted by molar-refractivity contribution is -0.137. The number of fused-ring (bicyclic) bond motifs is 1. The number of amides is 4. The van der Waals surface area contributed by atoms with Gasteiger partial charge in [-0.25, -0.2) is 0 Å². The number of piperidine rings is 1. The van der Waals surface area contributed by atoms with Gasteiger partial charge in [-0.2, -0.15) is 0 Å². The third-order valence-corrected chi connectivity index (χ3v) is 5.88. The normalized spacial score (nSPS) is 18.2. The Morgan fingerprint density at radius 3 is 2.57 bits per heavy atom. The first-order chi connectivity index (χ1) is 14.4. The number of nitrogens with one attached hydrogen (secondary N) is 2. The van der Waals surface area contributed by atoms with Crippen LogP contribution in [-0.2, 0) is 33.9 Å². The molecule has 2 aromatic rings. The lowest BCUT2D eigenvalue weighted by Crippen LogP contribution is -2.52. The molecule has 0 aromatic heterocycles. The molecule has 8 heteroatoms. The van der Waals surface area contributed by atoms with E-state index in [9.17, 15) is 19.2 Å². The van der Waals surface area contributed by atoms with Gasteiger partial charge in [0.1, 0.15) is 6.04 Å². The standard InChI is InChI=1S/C22H20BrN3O4/c23-16-4-1-13(2-5-16)10-20(28)24-11-14-3-6-17-15(9-14)12-26(22(17)30)18-7-8-19(27)25-21(18)29/h1-6,9,18H,7-8,10-12H2,(H,24,28)(H,25,27,29). The Hall–Kier alpha value is -3.00. The number of benzene rings is 2. The van der Waals surface area contributed by atoms with Crippen molar-refractivity contribution in [1.29, 1.82) is 0 Å². The highest BCUT2D eigenvalue weighted by atomic mass is 79.9. The second kappa shape index (κ2) is 8.39. The second-order valence-electron chi connectivity index (χ2n) is 7.47. The van der Waals surface area contributed by atoms with Crippen LogP contribution in [0.1, 0.15) is 39.9 Å². The summed E-state index contributed by atoms with van der Waals surface area (Å²) < 4.78 is 0.964. The minimum atomic E-state index is -0.628. The summed E-state index contributed by atoms with van der Waals surface area (Å²) in [5.41, 5.74) is 3.19. The minimum absolute atomic E-state index is 0.0842. The number of hydrogen-bond donors (Lipinski definition) is 2. The van der Waals surface area contributed by atoms with Crippen LogP contribution in [0.3, 0.4) is 0 Å². The molecule has 2 N–H and O–H groups in total. The number of imide groups is 1. The maximum absolute atomic E-state index is 12.7. The van der Waals surface area contributed by atoms with Crippen molar-refractivity contribution in [2.24, 2.45) is 0 Å². The van der Waals surface area contributed by atoms with E-state index in [2.05, 4.69) is 26.6 Å². The van der Waals surface area contributed by atoms with Gasteiger partial charge in [0.05, 0.1) is 6.42 Å². The van der Waals surface area contributed by atoms with Gasteiger partial charge < -0.3 is 10.2 Å². The summed E-state index contributed by atoms with van der Waals surface area (Å²) in [5.74, 6) is -1.01. The fourth-order valence-electron chi connectivity index (χ4n) is 3.79. The summed E-state index contributed by atoms with van der Waals surface area (Å²) in [5, 5.41) is 5.20. The molecular weight excluding hydrogens is 450 g/mol. The van der Waals surface area contributed by atoms with Gasteiger partial charge in [-0.05, 0) is 41.3 Å². The number of carbonyl (C=O) groups is 4. The lowest BCUT2D eigenvalue weighted by Gasteiger charge is -2.29. The third kappa shape index (κ3) is 4.28. The topological polar surface area (TPSA) is 95.6 Å². The van der Waals surface area contributed by atoms with E-state index in [1.165, 1.54) is 4.90 Å². The maximum Gasteiger partial charge on any atom is 0.255 e. The first-order valence-electron chi connectivity index (χ1n) is 9.68. The van der Waals surface area contributed by atoms with E-state index in [0.29, 0.717) is 31.5 Å². The van der Waals surface area contributed by atoms with Crippen molar-refractivity contribution in [1.82, 2.24) is 15.5 Å². The molecule has 4 rings (SSSR count). The zero-order valence-electron chi connectivity index (χ0n) is 16.1. The highest BCUT2D eigenvalue weighted by Crippen LogP contribution is 2.28. The van der Waals surface area contributed by atoms with Crippen molar-refractivity contribution in [3.63, 3.8) is 0 Å². The fourth-order valence-corrected chi connectivity index (χ4v) is 4.05. The summed E-state index contributed by atoms with van der Waals surface area (Å²) in [4.78, 5) is 49.9. The molecule has 0 saturated carbocycles. The lowest BCUT2D eigenvalue weighted by atomic mass is 10.0. The predicted molar refractivity (Wildman–Crippen MR) is 112 cm³/mol. The van der Waals surface area contributed by atoms with E-state index in [0.717, 1.165) is 21.2 Å². The van der Waals surface area contributed by atoms with Crippen LogP contribution in [0.5, 0.6) is 0 Å². The number of halogens is 1. The smallest absolute Gasteiger partial charge is 0.255 e. The minimum Gasteiger partial charge on any atom is -0.352 e. The molecule has 0 bridgehead atoms. The molecular formula is C22H20BrN3O4. The van der Waals surface area contributed by atoms with Gasteiger partial charge in [-0.1, -0.05) is 40.2 Å². The molecule has 30 heavy (non-hydrogen) atoms. The molecule has 2 heterocycles. The van der Waals surface area contributed by atoms with Gasteiger partial charge in [-0.3, -0.25) is 24.5 Å². The Bertz CT molecular complexity index is 1040. The van der Waals surface area contributed by atoms with E-state index in [-0.39, 0.29) is 24.1 Å². The van der Waals surface area contributed by atoms with Crippen LogP contribution in [0.4, 0.5) is 0 Å². The van der Waals surface area contributed by atoms with Gasteiger partial charge in [0.25, 0.3) is 5.91 Å². The second-order valence-corrected chi connectivity index (χ2v) is 8.39.